The second-order valence-corrected chi connectivity index (χ2v) is 5.71. The molecule has 4 rings (SSSR count). The van der Waals surface area contributed by atoms with E-state index in [1.165, 1.54) is 10.9 Å². The van der Waals surface area contributed by atoms with Gasteiger partial charge in [-0.05, 0) is 23.3 Å². The second-order valence-electron chi connectivity index (χ2n) is 5.71. The van der Waals surface area contributed by atoms with Crippen molar-refractivity contribution in [2.45, 2.75) is 0 Å². The third-order valence-electron chi connectivity index (χ3n) is 3.98. The van der Waals surface area contributed by atoms with Crippen LogP contribution in [0.1, 0.15) is 10.5 Å². The molecule has 0 aliphatic rings. The van der Waals surface area contributed by atoms with Crippen molar-refractivity contribution in [3.05, 3.63) is 66.6 Å². The van der Waals surface area contributed by atoms with Crippen molar-refractivity contribution in [3.63, 3.8) is 0 Å². The smallest absolute Gasteiger partial charge is 0.356 e. The highest BCUT2D eigenvalue weighted by atomic mass is 16.4. The third-order valence-corrected chi connectivity index (χ3v) is 3.98. The Morgan fingerprint density at radius 2 is 1.85 bits per heavy atom. The van der Waals surface area contributed by atoms with E-state index in [0.717, 1.165) is 16.7 Å². The number of carboxylic acid groups (broad SMARTS) is 1. The Morgan fingerprint density at radius 3 is 2.54 bits per heavy atom. The van der Waals surface area contributed by atoms with Gasteiger partial charge in [0, 0.05) is 12.6 Å². The van der Waals surface area contributed by atoms with Crippen molar-refractivity contribution < 1.29 is 9.90 Å². The Labute approximate surface area is 148 Å². The molecule has 8 heteroatoms. The van der Waals surface area contributed by atoms with Gasteiger partial charge in [0.05, 0.1) is 18.1 Å². The Hall–Kier alpha value is -3.81. The molecule has 0 aliphatic heterocycles. The summed E-state index contributed by atoms with van der Waals surface area (Å²) in [6, 6.07) is 15.5. The highest BCUT2D eigenvalue weighted by Crippen LogP contribution is 2.32. The van der Waals surface area contributed by atoms with Crippen molar-refractivity contribution in [2.75, 3.05) is 0 Å². The molecule has 0 fully saturated rings. The summed E-state index contributed by atoms with van der Waals surface area (Å²) >= 11 is 0. The van der Waals surface area contributed by atoms with Crippen LogP contribution in [0.2, 0.25) is 0 Å². The lowest BCUT2D eigenvalue weighted by molar-refractivity contribution is 0.0687. The number of carboxylic acids is 1. The Balaban J connectivity index is 1.92. The van der Waals surface area contributed by atoms with Crippen LogP contribution in [0, 0.1) is 0 Å². The normalized spacial score (nSPS) is 10.8. The zero-order valence-corrected chi connectivity index (χ0v) is 13.8. The lowest BCUT2D eigenvalue weighted by Gasteiger charge is -2.11. The molecule has 0 bridgehead atoms. The predicted octanol–water partition coefficient (Wildman–Crippen LogP) is 2.43. The van der Waals surface area contributed by atoms with E-state index in [-0.39, 0.29) is 5.69 Å². The number of hydrogen-bond acceptors (Lipinski definition) is 5. The van der Waals surface area contributed by atoms with Gasteiger partial charge in [-0.15, -0.1) is 10.2 Å². The van der Waals surface area contributed by atoms with Gasteiger partial charge < -0.3 is 5.11 Å². The SMILES string of the molecule is Cn1cc(-c2cc(-n3nncc3C(=O)O)ccc2-c2ccccc2)nn1. The van der Waals surface area contributed by atoms with E-state index in [1.54, 1.807) is 11.7 Å². The number of aromatic nitrogens is 6. The predicted molar refractivity (Wildman–Crippen MR) is 93.8 cm³/mol. The van der Waals surface area contributed by atoms with Gasteiger partial charge in [-0.1, -0.05) is 46.8 Å². The second kappa shape index (κ2) is 6.25. The molecule has 1 N–H and O–H groups in total. The minimum atomic E-state index is -1.09. The molecule has 8 nitrogen and oxygen atoms in total. The molecule has 0 spiro atoms. The summed E-state index contributed by atoms with van der Waals surface area (Å²) in [6.07, 6.45) is 3.03. The fourth-order valence-corrected chi connectivity index (χ4v) is 2.79. The molecule has 0 aliphatic carbocycles. The maximum atomic E-state index is 11.4. The summed E-state index contributed by atoms with van der Waals surface area (Å²) in [7, 11) is 1.79. The van der Waals surface area contributed by atoms with Crippen LogP contribution < -0.4 is 0 Å². The summed E-state index contributed by atoms with van der Waals surface area (Å²) in [5.41, 5.74) is 4.07. The summed E-state index contributed by atoms with van der Waals surface area (Å²) in [6.45, 7) is 0. The van der Waals surface area contributed by atoms with Gasteiger partial charge in [0.1, 0.15) is 5.69 Å². The highest BCUT2D eigenvalue weighted by molar-refractivity contribution is 5.87. The van der Waals surface area contributed by atoms with E-state index < -0.39 is 5.97 Å². The summed E-state index contributed by atoms with van der Waals surface area (Å²) in [4.78, 5) is 11.4. The number of rotatable bonds is 4. The van der Waals surface area contributed by atoms with Gasteiger partial charge in [-0.25, -0.2) is 9.48 Å². The number of hydrogen-bond donors (Lipinski definition) is 1. The molecule has 2 heterocycles. The molecule has 0 amide bonds. The molecule has 0 unspecified atom stereocenters. The largest absolute Gasteiger partial charge is 0.476 e. The standard InChI is InChI=1S/C18H14N6O2/c1-23-11-16(20-22-23)15-9-13(24-17(18(25)26)10-19-21-24)7-8-14(15)12-5-3-2-4-6-12/h2-11H,1H3,(H,25,26). The van der Waals surface area contributed by atoms with E-state index in [1.807, 2.05) is 54.7 Å². The van der Waals surface area contributed by atoms with Crippen molar-refractivity contribution >= 4 is 5.97 Å². The van der Waals surface area contributed by atoms with Crippen LogP contribution in [0.3, 0.4) is 0 Å². The van der Waals surface area contributed by atoms with Crippen molar-refractivity contribution in [3.8, 4) is 28.1 Å². The molecule has 4 aromatic rings. The lowest BCUT2D eigenvalue weighted by Crippen LogP contribution is -2.08. The number of nitrogens with zero attached hydrogens (tertiary/aromatic N) is 6. The van der Waals surface area contributed by atoms with Gasteiger partial charge in [0.25, 0.3) is 0 Å². The molecule has 2 aromatic carbocycles. The van der Waals surface area contributed by atoms with Crippen LogP contribution in [0.5, 0.6) is 0 Å². The molecule has 2 aromatic heterocycles. The fraction of sp³-hybridized carbons (Fsp3) is 0.0556. The van der Waals surface area contributed by atoms with E-state index in [0.29, 0.717) is 11.4 Å². The Kier molecular flexibility index (Phi) is 3.77. The molecule has 0 saturated heterocycles. The third kappa shape index (κ3) is 2.73. The van der Waals surface area contributed by atoms with Gasteiger partial charge in [-0.2, -0.15) is 0 Å². The number of aryl methyl sites for hydroxylation is 1. The Bertz CT molecular complexity index is 1080. The minimum absolute atomic E-state index is 0.0115. The molecular formula is C18H14N6O2. The van der Waals surface area contributed by atoms with Gasteiger partial charge in [0.15, 0.2) is 5.69 Å². The summed E-state index contributed by atoms with van der Waals surface area (Å²) in [5, 5.41) is 25.1. The average Bonchev–Trinajstić information content (AvgIpc) is 3.31. The van der Waals surface area contributed by atoms with E-state index >= 15 is 0 Å². The van der Waals surface area contributed by atoms with E-state index in [4.69, 9.17) is 0 Å². The quantitative estimate of drug-likeness (QED) is 0.609. The van der Waals surface area contributed by atoms with Crippen molar-refractivity contribution in [2.24, 2.45) is 7.05 Å². The van der Waals surface area contributed by atoms with Gasteiger partial charge >= 0.3 is 5.97 Å². The number of benzene rings is 2. The first-order chi connectivity index (χ1) is 12.6. The van der Waals surface area contributed by atoms with Crippen LogP contribution in [0.25, 0.3) is 28.1 Å². The maximum absolute atomic E-state index is 11.4. The fourth-order valence-electron chi connectivity index (χ4n) is 2.79. The van der Waals surface area contributed by atoms with Gasteiger partial charge in [-0.3, -0.25) is 4.68 Å². The zero-order valence-electron chi connectivity index (χ0n) is 13.8. The van der Waals surface area contributed by atoms with E-state index in [2.05, 4.69) is 20.6 Å². The molecule has 0 radical (unpaired) electrons. The Morgan fingerprint density at radius 1 is 1.04 bits per heavy atom. The molecule has 128 valence electrons. The molecule has 0 saturated carbocycles. The van der Waals surface area contributed by atoms with Gasteiger partial charge in [0.2, 0.25) is 0 Å². The van der Waals surface area contributed by atoms with Crippen LogP contribution in [-0.4, -0.2) is 41.1 Å². The van der Waals surface area contributed by atoms with Crippen molar-refractivity contribution in [1.29, 1.82) is 0 Å². The van der Waals surface area contributed by atoms with Crippen LogP contribution >= 0.6 is 0 Å². The molecule has 26 heavy (non-hydrogen) atoms. The lowest BCUT2D eigenvalue weighted by atomic mass is 9.97. The first-order valence-electron chi connectivity index (χ1n) is 7.84. The summed E-state index contributed by atoms with van der Waals surface area (Å²) < 4.78 is 2.91. The monoisotopic (exact) mass is 346 g/mol. The highest BCUT2D eigenvalue weighted by Gasteiger charge is 2.17. The van der Waals surface area contributed by atoms with Crippen LogP contribution in [0.15, 0.2) is 60.9 Å². The number of carbonyl (C=O) groups is 1. The first kappa shape index (κ1) is 15.7. The average molecular weight is 346 g/mol. The van der Waals surface area contributed by atoms with Crippen LogP contribution in [-0.2, 0) is 7.05 Å². The van der Waals surface area contributed by atoms with E-state index in [9.17, 15) is 9.90 Å². The summed E-state index contributed by atoms with van der Waals surface area (Å²) in [5.74, 6) is -1.09. The van der Waals surface area contributed by atoms with Crippen LogP contribution in [0.4, 0.5) is 0 Å². The topological polar surface area (TPSA) is 98.7 Å². The zero-order chi connectivity index (χ0) is 18.1. The minimum Gasteiger partial charge on any atom is -0.476 e. The molecular weight excluding hydrogens is 332 g/mol. The maximum Gasteiger partial charge on any atom is 0.356 e. The van der Waals surface area contributed by atoms with Crippen molar-refractivity contribution in [1.82, 2.24) is 30.0 Å². The molecule has 0 atom stereocenters. The number of aromatic carboxylic acids is 1. The first-order valence-corrected chi connectivity index (χ1v) is 7.84.